The molecule has 0 aliphatic heterocycles. The normalized spacial score (nSPS) is 21.4. The van der Waals surface area contributed by atoms with Crippen molar-refractivity contribution in [1.82, 2.24) is 0 Å². The Morgan fingerprint density at radius 2 is 2.14 bits per heavy atom. The number of ether oxygens (including phenoxy) is 1. The molecule has 0 amide bonds. The zero-order chi connectivity index (χ0) is 15.5. The fourth-order valence-corrected chi connectivity index (χ4v) is 3.68. The van der Waals surface area contributed by atoms with Crippen LogP contribution in [0.1, 0.15) is 46.0 Å². The molecule has 4 nitrogen and oxygen atoms in total. The van der Waals surface area contributed by atoms with E-state index in [-0.39, 0.29) is 4.90 Å². The second kappa shape index (κ2) is 6.36. The topological polar surface area (TPSA) is 69.4 Å². The summed E-state index contributed by atoms with van der Waals surface area (Å²) >= 11 is 0. The van der Waals surface area contributed by atoms with E-state index in [9.17, 15) is 8.42 Å². The summed E-state index contributed by atoms with van der Waals surface area (Å²) in [5, 5.41) is 5.11. The lowest BCUT2D eigenvalue weighted by Crippen LogP contribution is -2.12. The molecular formula is C16H25NO3S. The smallest absolute Gasteiger partial charge is 0.238 e. The van der Waals surface area contributed by atoms with E-state index in [1.165, 1.54) is 37.8 Å². The zero-order valence-electron chi connectivity index (χ0n) is 12.8. The van der Waals surface area contributed by atoms with Crippen LogP contribution in [0.4, 0.5) is 0 Å². The quantitative estimate of drug-likeness (QED) is 0.819. The second-order valence-corrected chi connectivity index (χ2v) is 8.35. The number of rotatable bonds is 6. The molecule has 1 aromatic carbocycles. The Morgan fingerprint density at radius 1 is 1.38 bits per heavy atom. The standard InChI is InChI=1S/C16H25NO3S/c1-16(2)9-8-13(12-16)5-4-10-20-14-6-3-7-15(11-14)21(17,18)19/h3,6-7,11,13H,4-5,8-10,12H2,1-2H3,(H2,17,18,19). The number of hydrogen-bond acceptors (Lipinski definition) is 3. The number of primary sulfonamides is 1. The molecule has 21 heavy (non-hydrogen) atoms. The van der Waals surface area contributed by atoms with E-state index in [1.54, 1.807) is 12.1 Å². The maximum atomic E-state index is 11.3. The summed E-state index contributed by atoms with van der Waals surface area (Å²) in [5.74, 6) is 1.37. The van der Waals surface area contributed by atoms with Crippen molar-refractivity contribution in [2.24, 2.45) is 16.5 Å². The van der Waals surface area contributed by atoms with Crippen molar-refractivity contribution < 1.29 is 13.2 Å². The van der Waals surface area contributed by atoms with Gasteiger partial charge in [-0.1, -0.05) is 19.9 Å². The first-order chi connectivity index (χ1) is 9.76. The average molecular weight is 311 g/mol. The summed E-state index contributed by atoms with van der Waals surface area (Å²) in [6, 6.07) is 6.36. The van der Waals surface area contributed by atoms with Gasteiger partial charge in [0.2, 0.25) is 10.0 Å². The fraction of sp³-hybridized carbons (Fsp3) is 0.625. The highest BCUT2D eigenvalue weighted by Crippen LogP contribution is 2.42. The van der Waals surface area contributed by atoms with Gasteiger partial charge in [-0.15, -0.1) is 0 Å². The van der Waals surface area contributed by atoms with Gasteiger partial charge in [0.25, 0.3) is 0 Å². The molecule has 0 aromatic heterocycles. The van der Waals surface area contributed by atoms with Crippen molar-refractivity contribution in [3.8, 4) is 5.75 Å². The van der Waals surface area contributed by atoms with Crippen molar-refractivity contribution in [2.45, 2.75) is 50.8 Å². The predicted octanol–water partition coefficient (Wildman–Crippen LogP) is 3.32. The van der Waals surface area contributed by atoms with E-state index >= 15 is 0 Å². The molecule has 0 spiro atoms. The van der Waals surface area contributed by atoms with Crippen molar-refractivity contribution in [1.29, 1.82) is 0 Å². The van der Waals surface area contributed by atoms with Crippen molar-refractivity contribution >= 4 is 10.0 Å². The van der Waals surface area contributed by atoms with Gasteiger partial charge in [0.1, 0.15) is 5.75 Å². The fourth-order valence-electron chi connectivity index (χ4n) is 3.13. The Balaban J connectivity index is 1.77. The molecule has 0 saturated heterocycles. The maximum Gasteiger partial charge on any atom is 0.238 e. The third-order valence-electron chi connectivity index (χ3n) is 4.23. The third kappa shape index (κ3) is 5.00. The van der Waals surface area contributed by atoms with Crippen LogP contribution in [0.25, 0.3) is 0 Å². The van der Waals surface area contributed by atoms with Gasteiger partial charge in [0.15, 0.2) is 0 Å². The lowest BCUT2D eigenvalue weighted by molar-refractivity contribution is 0.285. The zero-order valence-corrected chi connectivity index (χ0v) is 13.7. The van der Waals surface area contributed by atoms with Crippen LogP contribution in [0.5, 0.6) is 5.75 Å². The molecule has 5 heteroatoms. The summed E-state index contributed by atoms with van der Waals surface area (Å²) in [6.45, 7) is 5.29. The Morgan fingerprint density at radius 3 is 2.76 bits per heavy atom. The number of benzene rings is 1. The molecule has 0 radical (unpaired) electrons. The Bertz CT molecular complexity index is 581. The summed E-state index contributed by atoms with van der Waals surface area (Å²) < 4.78 is 28.2. The van der Waals surface area contributed by atoms with Crippen LogP contribution in [0.2, 0.25) is 0 Å². The van der Waals surface area contributed by atoms with Crippen molar-refractivity contribution in [3.63, 3.8) is 0 Å². The highest BCUT2D eigenvalue weighted by Gasteiger charge is 2.30. The molecule has 1 unspecified atom stereocenters. The molecule has 118 valence electrons. The Labute approximate surface area is 127 Å². The number of hydrogen-bond donors (Lipinski definition) is 1. The molecule has 1 fully saturated rings. The lowest BCUT2D eigenvalue weighted by Gasteiger charge is -2.17. The van der Waals surface area contributed by atoms with E-state index in [0.29, 0.717) is 17.8 Å². The first-order valence-corrected chi connectivity index (χ1v) is 9.07. The van der Waals surface area contributed by atoms with Gasteiger partial charge < -0.3 is 4.74 Å². The lowest BCUT2D eigenvalue weighted by atomic mass is 9.89. The van der Waals surface area contributed by atoms with E-state index in [2.05, 4.69) is 13.8 Å². The van der Waals surface area contributed by atoms with Gasteiger partial charge in [-0.25, -0.2) is 13.6 Å². The van der Waals surface area contributed by atoms with Crippen LogP contribution in [0.3, 0.4) is 0 Å². The summed E-state index contributed by atoms with van der Waals surface area (Å²) in [5.41, 5.74) is 0.495. The molecule has 1 saturated carbocycles. The molecule has 2 N–H and O–H groups in total. The molecule has 1 atom stereocenters. The molecule has 0 heterocycles. The molecule has 0 bridgehead atoms. The SMILES string of the molecule is CC1(C)CCC(CCCOc2cccc(S(N)(=O)=O)c2)C1. The highest BCUT2D eigenvalue weighted by molar-refractivity contribution is 7.89. The number of nitrogens with two attached hydrogens (primary N) is 1. The maximum absolute atomic E-state index is 11.3. The van der Waals surface area contributed by atoms with Gasteiger partial charge in [-0.05, 0) is 55.6 Å². The van der Waals surface area contributed by atoms with E-state index in [0.717, 1.165) is 12.3 Å². The molecule has 1 aromatic rings. The van der Waals surface area contributed by atoms with Gasteiger partial charge in [-0.3, -0.25) is 0 Å². The van der Waals surface area contributed by atoms with Crippen LogP contribution >= 0.6 is 0 Å². The average Bonchev–Trinajstić information content (AvgIpc) is 2.74. The van der Waals surface area contributed by atoms with Gasteiger partial charge in [-0.2, -0.15) is 0 Å². The van der Waals surface area contributed by atoms with Crippen LogP contribution in [0.15, 0.2) is 29.2 Å². The Hall–Kier alpha value is -1.07. The van der Waals surface area contributed by atoms with Crippen LogP contribution < -0.4 is 9.88 Å². The third-order valence-corrected chi connectivity index (χ3v) is 5.14. The van der Waals surface area contributed by atoms with Crippen LogP contribution in [0, 0.1) is 11.3 Å². The minimum atomic E-state index is -3.66. The van der Waals surface area contributed by atoms with Gasteiger partial charge in [0.05, 0.1) is 11.5 Å². The monoisotopic (exact) mass is 311 g/mol. The number of sulfonamides is 1. The predicted molar refractivity (Wildman–Crippen MR) is 83.7 cm³/mol. The first kappa shape index (κ1) is 16.3. The molecular weight excluding hydrogens is 286 g/mol. The minimum Gasteiger partial charge on any atom is -0.494 e. The summed E-state index contributed by atoms with van der Waals surface area (Å²) in [7, 11) is -3.66. The van der Waals surface area contributed by atoms with Crippen LogP contribution in [-0.4, -0.2) is 15.0 Å². The van der Waals surface area contributed by atoms with Gasteiger partial charge in [0, 0.05) is 6.07 Å². The Kier molecular flexibility index (Phi) is 4.94. The van der Waals surface area contributed by atoms with Crippen molar-refractivity contribution in [3.05, 3.63) is 24.3 Å². The summed E-state index contributed by atoms with van der Waals surface area (Å²) in [6.07, 6.45) is 6.11. The largest absolute Gasteiger partial charge is 0.494 e. The van der Waals surface area contributed by atoms with Crippen molar-refractivity contribution in [2.75, 3.05) is 6.61 Å². The molecule has 2 rings (SSSR count). The van der Waals surface area contributed by atoms with E-state index < -0.39 is 10.0 Å². The van der Waals surface area contributed by atoms with Gasteiger partial charge >= 0.3 is 0 Å². The van der Waals surface area contributed by atoms with E-state index in [4.69, 9.17) is 9.88 Å². The molecule has 1 aliphatic rings. The molecule has 1 aliphatic carbocycles. The first-order valence-electron chi connectivity index (χ1n) is 7.52. The summed E-state index contributed by atoms with van der Waals surface area (Å²) in [4.78, 5) is 0.0949. The highest BCUT2D eigenvalue weighted by atomic mass is 32.2. The minimum absolute atomic E-state index is 0.0949. The second-order valence-electron chi connectivity index (χ2n) is 6.78. The van der Waals surface area contributed by atoms with Crippen LogP contribution in [-0.2, 0) is 10.0 Å². The van der Waals surface area contributed by atoms with E-state index in [1.807, 2.05) is 0 Å².